The van der Waals surface area contributed by atoms with Crippen molar-refractivity contribution in [2.75, 3.05) is 0 Å². The number of hydrogen-bond donors (Lipinski definition) is 4. The van der Waals surface area contributed by atoms with Crippen molar-refractivity contribution >= 4 is 23.9 Å². The summed E-state index contributed by atoms with van der Waals surface area (Å²) in [6, 6.07) is 28.6. The molecule has 1 fully saturated rings. The highest BCUT2D eigenvalue weighted by atomic mass is 16.4. The van der Waals surface area contributed by atoms with Gasteiger partial charge in [-0.25, -0.2) is 19.2 Å². The summed E-state index contributed by atoms with van der Waals surface area (Å²) in [7, 11) is 0. The second kappa shape index (κ2) is 16.2. The van der Waals surface area contributed by atoms with Gasteiger partial charge in [-0.15, -0.1) is 0 Å². The van der Waals surface area contributed by atoms with E-state index < -0.39 is 23.9 Å². The Kier molecular flexibility index (Phi) is 11.6. The lowest BCUT2D eigenvalue weighted by atomic mass is 9.80. The second-order valence-corrected chi connectivity index (χ2v) is 13.2. The minimum atomic E-state index is -0.969. The molecule has 0 bridgehead atoms. The van der Waals surface area contributed by atoms with Gasteiger partial charge < -0.3 is 20.4 Å². The molecule has 8 heteroatoms. The Morgan fingerprint density at radius 3 is 0.694 bits per heavy atom. The van der Waals surface area contributed by atoms with Gasteiger partial charge in [0, 0.05) is 0 Å². The van der Waals surface area contributed by atoms with Crippen molar-refractivity contribution < 1.29 is 39.6 Å². The maximum Gasteiger partial charge on any atom is 0.335 e. The molecule has 254 valence electrons. The Balaban J connectivity index is 1.49. The van der Waals surface area contributed by atoms with E-state index in [1.54, 1.807) is 48.5 Å². The third kappa shape index (κ3) is 9.22. The van der Waals surface area contributed by atoms with Crippen LogP contribution in [0.15, 0.2) is 97.1 Å². The van der Waals surface area contributed by atoms with E-state index in [9.17, 15) is 39.6 Å². The summed E-state index contributed by atoms with van der Waals surface area (Å²) in [5, 5.41) is 37.9. The van der Waals surface area contributed by atoms with Gasteiger partial charge in [-0.2, -0.15) is 0 Å². The van der Waals surface area contributed by atoms with Gasteiger partial charge in [-0.3, -0.25) is 0 Å². The van der Waals surface area contributed by atoms with Crippen molar-refractivity contribution in [3.63, 3.8) is 0 Å². The number of aromatic carboxylic acids is 4. The van der Waals surface area contributed by atoms with Crippen LogP contribution in [0.25, 0.3) is 0 Å². The van der Waals surface area contributed by atoms with Crippen molar-refractivity contribution in [2.45, 2.75) is 81.5 Å². The normalized spacial score (nSPS) is 20.6. The van der Waals surface area contributed by atoms with Crippen LogP contribution in [0.3, 0.4) is 0 Å². The Morgan fingerprint density at radius 1 is 0.327 bits per heavy atom. The second-order valence-electron chi connectivity index (χ2n) is 13.2. The highest BCUT2D eigenvalue weighted by Gasteiger charge is 2.24. The summed E-state index contributed by atoms with van der Waals surface area (Å²) < 4.78 is 0. The number of carboxylic acids is 4. The molecule has 1 aliphatic carbocycles. The SMILES string of the molecule is O=C(O)c1ccc(C2CCCC(c3ccc(C(=O)O)cc3)CCC(c3ccc(C(=O)O)cc3)CCC(c3ccc(C(=O)O)cc3)CC2)cc1. The fourth-order valence-corrected chi connectivity index (χ4v) is 7.32. The van der Waals surface area contributed by atoms with Gasteiger partial charge in [0.2, 0.25) is 0 Å². The Labute approximate surface area is 286 Å². The molecule has 8 nitrogen and oxygen atoms in total. The smallest absolute Gasteiger partial charge is 0.335 e. The number of hydrogen-bond acceptors (Lipinski definition) is 4. The molecule has 4 N–H and O–H groups in total. The van der Waals surface area contributed by atoms with E-state index in [4.69, 9.17) is 0 Å². The summed E-state index contributed by atoms with van der Waals surface area (Å²) in [4.78, 5) is 46.3. The lowest BCUT2D eigenvalue weighted by Crippen LogP contribution is -2.08. The minimum Gasteiger partial charge on any atom is -0.478 e. The molecule has 1 saturated carbocycles. The van der Waals surface area contributed by atoms with E-state index in [1.807, 2.05) is 48.5 Å². The predicted molar refractivity (Wildman–Crippen MR) is 186 cm³/mol. The number of benzene rings is 4. The molecule has 4 aromatic carbocycles. The molecule has 1 aliphatic rings. The largest absolute Gasteiger partial charge is 0.478 e. The fraction of sp³-hybridized carbons (Fsp3) is 0.317. The first kappa shape index (κ1) is 35.1. The van der Waals surface area contributed by atoms with Gasteiger partial charge in [0.15, 0.2) is 0 Å². The Bertz CT molecular complexity index is 1610. The van der Waals surface area contributed by atoms with Crippen LogP contribution in [0.1, 0.15) is 145 Å². The highest BCUT2D eigenvalue weighted by Crippen LogP contribution is 2.41. The Hall–Kier alpha value is -5.24. The maximum atomic E-state index is 11.6. The molecule has 0 heterocycles. The van der Waals surface area contributed by atoms with E-state index in [0.717, 1.165) is 80.0 Å². The third-order valence-electron chi connectivity index (χ3n) is 10.2. The number of carboxylic acid groups (broad SMARTS) is 4. The predicted octanol–water partition coefficient (Wildman–Crippen LogP) is 9.44. The van der Waals surface area contributed by atoms with Gasteiger partial charge >= 0.3 is 23.9 Å². The van der Waals surface area contributed by atoms with Gasteiger partial charge in [0.1, 0.15) is 0 Å². The van der Waals surface area contributed by atoms with Crippen LogP contribution in [0.5, 0.6) is 0 Å². The number of carbonyl (C=O) groups is 4. The van der Waals surface area contributed by atoms with Gasteiger partial charge in [-0.1, -0.05) is 55.0 Å². The van der Waals surface area contributed by atoms with Crippen molar-refractivity contribution in [1.29, 1.82) is 0 Å². The van der Waals surface area contributed by atoms with Crippen LogP contribution in [0.2, 0.25) is 0 Å². The molecule has 0 spiro atoms. The van der Waals surface area contributed by atoms with E-state index in [0.29, 0.717) is 0 Å². The van der Waals surface area contributed by atoms with Crippen molar-refractivity contribution in [1.82, 2.24) is 0 Å². The molecule has 0 amide bonds. The van der Waals surface area contributed by atoms with Crippen LogP contribution in [-0.4, -0.2) is 44.3 Å². The lowest BCUT2D eigenvalue weighted by Gasteiger charge is -2.25. The van der Waals surface area contributed by atoms with Crippen molar-refractivity contribution in [3.05, 3.63) is 142 Å². The average Bonchev–Trinajstić information content (AvgIpc) is 3.12. The monoisotopic (exact) mass is 662 g/mol. The summed E-state index contributed by atoms with van der Waals surface area (Å²) in [5.74, 6) is -3.16. The molecular weight excluding hydrogens is 620 g/mol. The zero-order valence-electron chi connectivity index (χ0n) is 27.3. The summed E-state index contributed by atoms with van der Waals surface area (Å²) >= 11 is 0. The molecule has 0 radical (unpaired) electrons. The minimum absolute atomic E-state index is 0.157. The van der Waals surface area contributed by atoms with Gasteiger partial charge in [-0.05, 0) is 146 Å². The molecule has 4 atom stereocenters. The maximum absolute atomic E-state index is 11.6. The first-order valence-corrected chi connectivity index (χ1v) is 16.9. The van der Waals surface area contributed by atoms with Gasteiger partial charge in [0.05, 0.1) is 22.3 Å². The van der Waals surface area contributed by atoms with Crippen LogP contribution < -0.4 is 0 Å². The van der Waals surface area contributed by atoms with Crippen LogP contribution in [0, 0.1) is 0 Å². The zero-order valence-corrected chi connectivity index (χ0v) is 27.3. The summed E-state index contributed by atoms with van der Waals surface area (Å²) in [6.45, 7) is 0. The fourth-order valence-electron chi connectivity index (χ4n) is 7.32. The zero-order chi connectivity index (χ0) is 34.9. The van der Waals surface area contributed by atoms with Crippen LogP contribution >= 0.6 is 0 Å². The standard InChI is InChI=1S/C41H42O8/c42-38(43)34-18-10-28(11-19-34)26-2-1-3-27(29-12-20-35(21-13-29)39(44)45)5-7-31(33-16-24-37(25-17-33)41(48)49)9-8-30(6-4-26)32-14-22-36(23-15-32)40(46)47/h10-27,30-31H,1-9H2,(H,42,43)(H,44,45)(H,46,47)(H,48,49). The molecular formula is C41H42O8. The molecule has 5 rings (SSSR count). The van der Waals surface area contributed by atoms with E-state index >= 15 is 0 Å². The highest BCUT2D eigenvalue weighted by molar-refractivity contribution is 5.89. The quantitative estimate of drug-likeness (QED) is 0.146. The van der Waals surface area contributed by atoms with E-state index in [-0.39, 0.29) is 45.9 Å². The summed E-state index contributed by atoms with van der Waals surface area (Å²) in [5.41, 5.74) is 5.33. The van der Waals surface area contributed by atoms with Crippen molar-refractivity contribution in [3.8, 4) is 0 Å². The topological polar surface area (TPSA) is 149 Å². The molecule has 0 aromatic heterocycles. The molecule has 49 heavy (non-hydrogen) atoms. The van der Waals surface area contributed by atoms with Crippen LogP contribution in [-0.2, 0) is 0 Å². The first-order chi connectivity index (χ1) is 23.6. The van der Waals surface area contributed by atoms with E-state index in [1.165, 1.54) is 0 Å². The number of rotatable bonds is 8. The lowest BCUT2D eigenvalue weighted by molar-refractivity contribution is 0.0686. The van der Waals surface area contributed by atoms with Gasteiger partial charge in [0.25, 0.3) is 0 Å². The van der Waals surface area contributed by atoms with Crippen molar-refractivity contribution in [2.24, 2.45) is 0 Å². The average molecular weight is 663 g/mol. The summed E-state index contributed by atoms with van der Waals surface area (Å²) in [6.07, 6.45) is 7.89. The molecule has 4 unspecified atom stereocenters. The Morgan fingerprint density at radius 2 is 0.510 bits per heavy atom. The van der Waals surface area contributed by atoms with E-state index in [2.05, 4.69) is 0 Å². The first-order valence-electron chi connectivity index (χ1n) is 16.9. The molecule has 0 aliphatic heterocycles. The molecule has 0 saturated heterocycles. The molecule has 4 aromatic rings. The third-order valence-corrected chi connectivity index (χ3v) is 10.2. The van der Waals surface area contributed by atoms with Crippen LogP contribution in [0.4, 0.5) is 0 Å².